The Morgan fingerprint density at radius 2 is 2.11 bits per heavy atom. The Bertz CT molecular complexity index is 592. The maximum atomic E-state index is 11.7. The van der Waals surface area contributed by atoms with Crippen molar-refractivity contribution in [2.24, 2.45) is 0 Å². The predicted octanol–water partition coefficient (Wildman–Crippen LogP) is 1.07. The van der Waals surface area contributed by atoms with Crippen molar-refractivity contribution in [2.45, 2.75) is 0 Å². The molecule has 0 aliphatic carbocycles. The summed E-state index contributed by atoms with van der Waals surface area (Å²) in [7, 11) is 0. The van der Waals surface area contributed by atoms with Crippen LogP contribution in [0.2, 0.25) is 0 Å². The monoisotopic (exact) mass is 247 g/mol. The topological polar surface area (TPSA) is 115 Å². The van der Waals surface area contributed by atoms with Crippen LogP contribution in [0, 0.1) is 0 Å². The molecule has 2 aromatic rings. The van der Waals surface area contributed by atoms with Crippen molar-refractivity contribution in [1.29, 1.82) is 0 Å². The molecule has 0 saturated heterocycles. The molecule has 1 aromatic carbocycles. The van der Waals surface area contributed by atoms with E-state index in [1.54, 1.807) is 0 Å². The van der Waals surface area contributed by atoms with E-state index in [4.69, 9.17) is 5.11 Å². The summed E-state index contributed by atoms with van der Waals surface area (Å²) >= 11 is 0. The third kappa shape index (κ3) is 2.29. The van der Waals surface area contributed by atoms with E-state index in [1.807, 2.05) is 0 Å². The number of phenols is 1. The Labute approximate surface area is 101 Å². The summed E-state index contributed by atoms with van der Waals surface area (Å²) in [4.78, 5) is 22.5. The Kier molecular flexibility index (Phi) is 2.96. The summed E-state index contributed by atoms with van der Waals surface area (Å²) in [5.74, 6) is -2.05. The maximum absolute atomic E-state index is 11.7. The predicted molar refractivity (Wildman–Crippen MR) is 61.6 cm³/mol. The average molecular weight is 247 g/mol. The van der Waals surface area contributed by atoms with Gasteiger partial charge in [0.15, 0.2) is 0 Å². The van der Waals surface area contributed by atoms with Gasteiger partial charge in [0.05, 0.1) is 11.8 Å². The van der Waals surface area contributed by atoms with Gasteiger partial charge in [0.1, 0.15) is 11.3 Å². The molecule has 7 heteroatoms. The fraction of sp³-hybridized carbons (Fsp3) is 0. The first-order valence-electron chi connectivity index (χ1n) is 4.94. The average Bonchev–Trinajstić information content (AvgIpc) is 2.85. The van der Waals surface area contributed by atoms with Crippen molar-refractivity contribution in [1.82, 2.24) is 10.2 Å². The number of H-pyrrole nitrogens is 1. The van der Waals surface area contributed by atoms with E-state index in [0.29, 0.717) is 5.56 Å². The zero-order valence-electron chi connectivity index (χ0n) is 9.04. The molecule has 4 N–H and O–H groups in total. The fourth-order valence-electron chi connectivity index (χ4n) is 1.36. The zero-order chi connectivity index (χ0) is 13.1. The smallest absolute Gasteiger partial charge is 0.339 e. The fourth-order valence-corrected chi connectivity index (χ4v) is 1.36. The van der Waals surface area contributed by atoms with Crippen LogP contribution in [0.4, 0.5) is 5.69 Å². The molecule has 0 atom stereocenters. The van der Waals surface area contributed by atoms with E-state index < -0.39 is 11.9 Å². The van der Waals surface area contributed by atoms with Crippen LogP contribution in [0.25, 0.3) is 0 Å². The zero-order valence-corrected chi connectivity index (χ0v) is 9.04. The van der Waals surface area contributed by atoms with Crippen LogP contribution in [0.5, 0.6) is 5.75 Å². The van der Waals surface area contributed by atoms with Gasteiger partial charge >= 0.3 is 5.97 Å². The Morgan fingerprint density at radius 1 is 1.33 bits per heavy atom. The van der Waals surface area contributed by atoms with Gasteiger partial charge in [-0.05, 0) is 18.2 Å². The highest BCUT2D eigenvalue weighted by atomic mass is 16.4. The molecule has 1 amide bonds. The number of rotatable bonds is 3. The lowest BCUT2D eigenvalue weighted by molar-refractivity contribution is 0.0693. The van der Waals surface area contributed by atoms with Gasteiger partial charge in [0.2, 0.25) is 0 Å². The van der Waals surface area contributed by atoms with Crippen LogP contribution in [0.15, 0.2) is 30.6 Å². The summed E-state index contributed by atoms with van der Waals surface area (Å²) in [6, 6.07) is 3.78. The van der Waals surface area contributed by atoms with Crippen molar-refractivity contribution in [3.8, 4) is 5.75 Å². The quantitative estimate of drug-likeness (QED) is 0.605. The van der Waals surface area contributed by atoms with Crippen LogP contribution < -0.4 is 5.32 Å². The van der Waals surface area contributed by atoms with E-state index in [2.05, 4.69) is 15.5 Å². The van der Waals surface area contributed by atoms with Gasteiger partial charge in [-0.3, -0.25) is 9.89 Å². The standard InChI is InChI=1S/C11H9N3O4/c15-9-2-1-7(3-8(9)11(17)18)14-10(16)6-4-12-13-5-6/h1-5,15H,(H,12,13)(H,14,16)(H,17,18). The molecule has 18 heavy (non-hydrogen) atoms. The molecule has 0 spiro atoms. The maximum Gasteiger partial charge on any atom is 0.339 e. The van der Waals surface area contributed by atoms with E-state index in [9.17, 15) is 14.7 Å². The third-order valence-electron chi connectivity index (χ3n) is 2.25. The number of anilines is 1. The molecule has 0 radical (unpaired) electrons. The van der Waals surface area contributed by atoms with E-state index in [-0.39, 0.29) is 17.0 Å². The highest BCUT2D eigenvalue weighted by Gasteiger charge is 2.12. The summed E-state index contributed by atoms with van der Waals surface area (Å²) in [6.07, 6.45) is 2.75. The largest absolute Gasteiger partial charge is 0.507 e. The van der Waals surface area contributed by atoms with Crippen molar-refractivity contribution in [2.75, 3.05) is 5.32 Å². The van der Waals surface area contributed by atoms with Crippen LogP contribution in [-0.4, -0.2) is 32.3 Å². The molecule has 0 aliphatic rings. The van der Waals surface area contributed by atoms with Gasteiger partial charge in [-0.2, -0.15) is 5.10 Å². The van der Waals surface area contributed by atoms with Crippen molar-refractivity contribution >= 4 is 17.6 Å². The molecule has 7 nitrogen and oxygen atoms in total. The number of carbonyl (C=O) groups is 2. The Morgan fingerprint density at radius 3 is 2.72 bits per heavy atom. The molecule has 0 fully saturated rings. The van der Waals surface area contributed by atoms with Gasteiger partial charge in [-0.25, -0.2) is 4.79 Å². The number of aromatic hydroxyl groups is 1. The first kappa shape index (κ1) is 11.6. The van der Waals surface area contributed by atoms with Crippen LogP contribution >= 0.6 is 0 Å². The molecule has 92 valence electrons. The van der Waals surface area contributed by atoms with E-state index >= 15 is 0 Å². The normalized spacial score (nSPS) is 10.0. The van der Waals surface area contributed by atoms with Crippen LogP contribution in [-0.2, 0) is 0 Å². The Balaban J connectivity index is 2.22. The third-order valence-corrected chi connectivity index (χ3v) is 2.25. The van der Waals surface area contributed by atoms with Crippen molar-refractivity contribution in [3.05, 3.63) is 41.7 Å². The second kappa shape index (κ2) is 4.58. The van der Waals surface area contributed by atoms with Gasteiger partial charge < -0.3 is 15.5 Å². The first-order chi connectivity index (χ1) is 8.58. The second-order valence-corrected chi connectivity index (χ2v) is 3.48. The molecule has 0 saturated carbocycles. The molecule has 0 bridgehead atoms. The van der Waals surface area contributed by atoms with Gasteiger partial charge in [0.25, 0.3) is 5.91 Å². The number of nitrogens with zero attached hydrogens (tertiary/aromatic N) is 1. The number of hydrogen-bond acceptors (Lipinski definition) is 4. The minimum atomic E-state index is -1.27. The van der Waals surface area contributed by atoms with Crippen molar-refractivity contribution in [3.63, 3.8) is 0 Å². The van der Waals surface area contributed by atoms with Gasteiger partial charge in [-0.1, -0.05) is 0 Å². The minimum Gasteiger partial charge on any atom is -0.507 e. The lowest BCUT2D eigenvalue weighted by Gasteiger charge is -2.05. The van der Waals surface area contributed by atoms with Gasteiger partial charge in [0, 0.05) is 11.9 Å². The van der Waals surface area contributed by atoms with Crippen LogP contribution in [0.3, 0.4) is 0 Å². The van der Waals surface area contributed by atoms with Crippen LogP contribution in [0.1, 0.15) is 20.7 Å². The Hall–Kier alpha value is -2.83. The minimum absolute atomic E-state index is 0.274. The van der Waals surface area contributed by atoms with Gasteiger partial charge in [-0.15, -0.1) is 0 Å². The molecule has 2 rings (SSSR count). The number of nitrogens with one attached hydrogen (secondary N) is 2. The summed E-state index contributed by atoms with van der Waals surface area (Å²) in [5, 5.41) is 26.7. The van der Waals surface area contributed by atoms with E-state index in [1.165, 1.54) is 30.6 Å². The molecule has 1 aromatic heterocycles. The lowest BCUT2D eigenvalue weighted by atomic mass is 10.1. The highest BCUT2D eigenvalue weighted by molar-refractivity contribution is 6.04. The number of carboxylic acids is 1. The number of hydrogen-bond donors (Lipinski definition) is 4. The van der Waals surface area contributed by atoms with Crippen molar-refractivity contribution < 1.29 is 19.8 Å². The number of carboxylic acid groups (broad SMARTS) is 1. The summed E-state index contributed by atoms with van der Waals surface area (Å²) < 4.78 is 0. The lowest BCUT2D eigenvalue weighted by Crippen LogP contribution is -2.11. The molecular weight excluding hydrogens is 238 g/mol. The number of carbonyl (C=O) groups excluding carboxylic acids is 1. The molecule has 1 heterocycles. The summed E-state index contributed by atoms with van der Waals surface area (Å²) in [6.45, 7) is 0. The first-order valence-corrected chi connectivity index (χ1v) is 4.94. The number of benzene rings is 1. The highest BCUT2D eigenvalue weighted by Crippen LogP contribution is 2.21. The number of aromatic carboxylic acids is 1. The molecule has 0 aliphatic heterocycles. The molecular formula is C11H9N3O4. The second-order valence-electron chi connectivity index (χ2n) is 3.48. The SMILES string of the molecule is O=C(Nc1ccc(O)c(C(=O)O)c1)c1cn[nH]c1. The summed E-state index contributed by atoms with van der Waals surface area (Å²) in [5.41, 5.74) is 0.316. The number of aromatic nitrogens is 2. The van der Waals surface area contributed by atoms with E-state index in [0.717, 1.165) is 0 Å². The number of aromatic amines is 1. The number of amides is 1. The molecule has 0 unspecified atom stereocenters.